The van der Waals surface area contributed by atoms with Crippen molar-refractivity contribution in [2.45, 2.75) is 6.04 Å². The summed E-state index contributed by atoms with van der Waals surface area (Å²) in [6.07, 6.45) is 4.75. The Morgan fingerprint density at radius 1 is 0.917 bits per heavy atom. The zero-order valence-corrected chi connectivity index (χ0v) is 12.8. The van der Waals surface area contributed by atoms with Crippen LogP contribution < -0.4 is 5.32 Å². The number of aromatic hydroxyl groups is 1. The average Bonchev–Trinajstić information content (AvgIpc) is 3.15. The maximum atomic E-state index is 10.8. The molecule has 4 rings (SSSR count). The van der Waals surface area contributed by atoms with Crippen molar-refractivity contribution >= 4 is 16.9 Å². The highest BCUT2D eigenvalue weighted by Crippen LogP contribution is 2.36. The van der Waals surface area contributed by atoms with Gasteiger partial charge in [0.1, 0.15) is 17.5 Å². The van der Waals surface area contributed by atoms with E-state index in [1.807, 2.05) is 54.6 Å². The number of fused-ring (bicyclic) bond motifs is 1. The standard InChI is InChI=1S/C19H15N3O2/c23-18-15(9-8-14-7-4-10-20-17(14)18)16(13-5-2-1-3-6-13)22-19-21-11-12-24-19/h1-12,16,23H,(H,21,22). The van der Waals surface area contributed by atoms with Crippen molar-refractivity contribution in [2.24, 2.45) is 0 Å². The first-order valence-corrected chi connectivity index (χ1v) is 7.60. The number of anilines is 1. The summed E-state index contributed by atoms with van der Waals surface area (Å²) >= 11 is 0. The molecule has 0 amide bonds. The first kappa shape index (κ1) is 14.3. The molecule has 5 heteroatoms. The molecule has 118 valence electrons. The lowest BCUT2D eigenvalue weighted by Crippen LogP contribution is -2.13. The van der Waals surface area contributed by atoms with E-state index >= 15 is 0 Å². The SMILES string of the molecule is Oc1c(C(Nc2ncco2)c2ccccc2)ccc2cccnc12. The molecule has 1 atom stereocenters. The van der Waals surface area contributed by atoms with Gasteiger partial charge in [0.05, 0.1) is 12.2 Å². The van der Waals surface area contributed by atoms with Crippen LogP contribution in [0.2, 0.25) is 0 Å². The number of rotatable bonds is 4. The predicted molar refractivity (Wildman–Crippen MR) is 91.8 cm³/mol. The molecule has 2 heterocycles. The van der Waals surface area contributed by atoms with Crippen LogP contribution in [0.4, 0.5) is 6.01 Å². The fourth-order valence-electron chi connectivity index (χ4n) is 2.78. The summed E-state index contributed by atoms with van der Waals surface area (Å²) in [4.78, 5) is 8.42. The second kappa shape index (κ2) is 6.04. The highest BCUT2D eigenvalue weighted by molar-refractivity contribution is 5.85. The van der Waals surface area contributed by atoms with Crippen molar-refractivity contribution in [2.75, 3.05) is 5.32 Å². The smallest absolute Gasteiger partial charge is 0.295 e. The molecular weight excluding hydrogens is 302 g/mol. The summed E-state index contributed by atoms with van der Waals surface area (Å²) in [5.74, 6) is 0.154. The zero-order chi connectivity index (χ0) is 16.4. The average molecular weight is 317 g/mol. The van der Waals surface area contributed by atoms with Crippen molar-refractivity contribution in [1.82, 2.24) is 9.97 Å². The lowest BCUT2D eigenvalue weighted by atomic mass is 9.96. The molecule has 0 bridgehead atoms. The molecule has 2 aromatic carbocycles. The van der Waals surface area contributed by atoms with Gasteiger partial charge >= 0.3 is 0 Å². The number of phenolic OH excluding ortho intramolecular Hbond substituents is 1. The molecule has 2 N–H and O–H groups in total. The van der Waals surface area contributed by atoms with Crippen molar-refractivity contribution < 1.29 is 9.52 Å². The lowest BCUT2D eigenvalue weighted by molar-refractivity contribution is 0.470. The molecule has 0 aliphatic heterocycles. The molecule has 1 unspecified atom stereocenters. The molecule has 5 nitrogen and oxygen atoms in total. The Balaban J connectivity index is 1.85. The van der Waals surface area contributed by atoms with Gasteiger partial charge in [0, 0.05) is 17.1 Å². The fraction of sp³-hybridized carbons (Fsp3) is 0.0526. The van der Waals surface area contributed by atoms with Gasteiger partial charge in [0.15, 0.2) is 0 Å². The predicted octanol–water partition coefficient (Wildman–Crippen LogP) is 4.13. The number of hydrogen-bond donors (Lipinski definition) is 2. The number of benzene rings is 2. The minimum Gasteiger partial charge on any atom is -0.505 e. The first-order chi connectivity index (χ1) is 11.8. The molecule has 0 aliphatic carbocycles. The number of aromatic nitrogens is 2. The Morgan fingerprint density at radius 3 is 2.58 bits per heavy atom. The van der Waals surface area contributed by atoms with Crippen molar-refractivity contribution in [3.8, 4) is 5.75 Å². The van der Waals surface area contributed by atoms with E-state index < -0.39 is 0 Å². The van der Waals surface area contributed by atoms with Gasteiger partial charge < -0.3 is 14.8 Å². The van der Waals surface area contributed by atoms with Gasteiger partial charge in [-0.25, -0.2) is 4.98 Å². The number of pyridine rings is 1. The van der Waals surface area contributed by atoms with Crippen LogP contribution >= 0.6 is 0 Å². The van der Waals surface area contributed by atoms with Crippen LogP contribution in [0.3, 0.4) is 0 Å². The van der Waals surface area contributed by atoms with Crippen LogP contribution in [0.5, 0.6) is 5.75 Å². The highest BCUT2D eigenvalue weighted by atomic mass is 16.4. The van der Waals surface area contributed by atoms with Crippen LogP contribution in [0.15, 0.2) is 77.7 Å². The molecule has 0 aliphatic rings. The second-order valence-corrected chi connectivity index (χ2v) is 5.40. The van der Waals surface area contributed by atoms with Crippen LogP contribution in [0.1, 0.15) is 17.2 Å². The molecule has 4 aromatic rings. The summed E-state index contributed by atoms with van der Waals surface area (Å²) in [6, 6.07) is 17.5. The molecule has 2 aromatic heterocycles. The van der Waals surface area contributed by atoms with E-state index in [1.54, 1.807) is 12.4 Å². The van der Waals surface area contributed by atoms with E-state index in [0.29, 0.717) is 17.1 Å². The maximum absolute atomic E-state index is 10.8. The molecule has 0 radical (unpaired) electrons. The summed E-state index contributed by atoms with van der Waals surface area (Å²) in [7, 11) is 0. The van der Waals surface area contributed by atoms with Gasteiger partial charge in [-0.1, -0.05) is 48.5 Å². The third-order valence-electron chi connectivity index (χ3n) is 3.92. The van der Waals surface area contributed by atoms with Crippen LogP contribution in [-0.4, -0.2) is 15.1 Å². The topological polar surface area (TPSA) is 71.2 Å². The Hall–Kier alpha value is -3.34. The minimum atomic E-state index is -0.309. The second-order valence-electron chi connectivity index (χ2n) is 5.40. The lowest BCUT2D eigenvalue weighted by Gasteiger charge is -2.20. The monoisotopic (exact) mass is 317 g/mol. The van der Waals surface area contributed by atoms with Gasteiger partial charge in [-0.3, -0.25) is 4.98 Å². The van der Waals surface area contributed by atoms with E-state index in [-0.39, 0.29) is 11.8 Å². The number of oxazole rings is 1. The van der Waals surface area contributed by atoms with E-state index in [9.17, 15) is 5.11 Å². The quantitative estimate of drug-likeness (QED) is 0.592. The molecule has 0 saturated carbocycles. The van der Waals surface area contributed by atoms with Gasteiger partial charge in [-0.05, 0) is 11.6 Å². The number of nitrogens with zero attached hydrogens (tertiary/aromatic N) is 2. The molecule has 0 saturated heterocycles. The number of nitrogens with one attached hydrogen (secondary N) is 1. The zero-order valence-electron chi connectivity index (χ0n) is 12.8. The van der Waals surface area contributed by atoms with Crippen LogP contribution in [-0.2, 0) is 0 Å². The fourth-order valence-corrected chi connectivity index (χ4v) is 2.78. The third-order valence-corrected chi connectivity index (χ3v) is 3.92. The van der Waals surface area contributed by atoms with E-state index in [4.69, 9.17) is 4.42 Å². The third kappa shape index (κ3) is 2.56. The van der Waals surface area contributed by atoms with Crippen molar-refractivity contribution in [3.63, 3.8) is 0 Å². The van der Waals surface area contributed by atoms with Gasteiger partial charge in [-0.2, -0.15) is 0 Å². The number of hydrogen-bond acceptors (Lipinski definition) is 5. The Labute approximate surface area is 138 Å². The van der Waals surface area contributed by atoms with Gasteiger partial charge in [0.2, 0.25) is 0 Å². The summed E-state index contributed by atoms with van der Waals surface area (Å²) in [6.45, 7) is 0. The van der Waals surface area contributed by atoms with Gasteiger partial charge in [0.25, 0.3) is 6.01 Å². The minimum absolute atomic E-state index is 0.154. The van der Waals surface area contributed by atoms with E-state index in [1.165, 1.54) is 6.26 Å². The number of phenols is 1. The first-order valence-electron chi connectivity index (χ1n) is 7.60. The maximum Gasteiger partial charge on any atom is 0.295 e. The Kier molecular flexibility index (Phi) is 3.59. The van der Waals surface area contributed by atoms with E-state index in [2.05, 4.69) is 15.3 Å². The van der Waals surface area contributed by atoms with Crippen molar-refractivity contribution in [1.29, 1.82) is 0 Å². The summed E-state index contributed by atoms with van der Waals surface area (Å²) in [5, 5.41) is 14.9. The van der Waals surface area contributed by atoms with Crippen LogP contribution in [0, 0.1) is 0 Å². The summed E-state index contributed by atoms with van der Waals surface area (Å²) < 4.78 is 5.31. The Bertz CT molecular complexity index is 953. The highest BCUT2D eigenvalue weighted by Gasteiger charge is 2.21. The molecule has 24 heavy (non-hydrogen) atoms. The summed E-state index contributed by atoms with van der Waals surface area (Å²) in [5.41, 5.74) is 2.28. The molecule has 0 spiro atoms. The molecule has 0 fully saturated rings. The van der Waals surface area contributed by atoms with Gasteiger partial charge in [-0.15, -0.1) is 0 Å². The van der Waals surface area contributed by atoms with Crippen molar-refractivity contribution in [3.05, 3.63) is 84.4 Å². The molecular formula is C19H15N3O2. The Morgan fingerprint density at radius 2 is 1.79 bits per heavy atom. The van der Waals surface area contributed by atoms with E-state index in [0.717, 1.165) is 10.9 Å². The van der Waals surface area contributed by atoms with Crippen LogP contribution in [0.25, 0.3) is 10.9 Å². The largest absolute Gasteiger partial charge is 0.505 e. The normalized spacial score (nSPS) is 12.2.